The summed E-state index contributed by atoms with van der Waals surface area (Å²) in [6.07, 6.45) is 2.28. The first kappa shape index (κ1) is 19.2. The van der Waals surface area contributed by atoms with Crippen LogP contribution in [0.15, 0.2) is 17.6 Å². The maximum absolute atomic E-state index is 12.7. The van der Waals surface area contributed by atoms with Gasteiger partial charge in [-0.05, 0) is 40.2 Å². The second kappa shape index (κ2) is 7.19. The molecule has 142 valence electrons. The van der Waals surface area contributed by atoms with E-state index in [1.165, 1.54) is 11.8 Å². The molecule has 0 unspecified atom stereocenters. The Kier molecular flexibility index (Phi) is 5.30. The minimum Gasteiger partial charge on any atom is -0.344 e. The summed E-state index contributed by atoms with van der Waals surface area (Å²) in [5.74, 6) is 0.675. The number of ketones is 1. The van der Waals surface area contributed by atoms with Crippen LogP contribution in [0.5, 0.6) is 0 Å². The van der Waals surface area contributed by atoms with Crippen LogP contribution in [0.3, 0.4) is 0 Å². The molecule has 9 heteroatoms. The normalized spacial score (nSPS) is 19.3. The van der Waals surface area contributed by atoms with Crippen molar-refractivity contribution in [3.63, 3.8) is 0 Å². The van der Waals surface area contributed by atoms with Gasteiger partial charge in [-0.15, -0.1) is 10.2 Å². The van der Waals surface area contributed by atoms with Crippen LogP contribution in [0.2, 0.25) is 0 Å². The molecule has 0 aromatic carbocycles. The van der Waals surface area contributed by atoms with Gasteiger partial charge in [-0.1, -0.05) is 11.8 Å². The molecule has 3 rings (SSSR count). The molecule has 7 nitrogen and oxygen atoms in total. The lowest BCUT2D eigenvalue weighted by Crippen LogP contribution is -2.14. The van der Waals surface area contributed by atoms with Crippen LogP contribution in [0.4, 0.5) is 0 Å². The first-order valence-electron chi connectivity index (χ1n) is 8.64. The van der Waals surface area contributed by atoms with Gasteiger partial charge in [0.1, 0.15) is 6.33 Å². The van der Waals surface area contributed by atoms with Crippen LogP contribution >= 0.6 is 11.8 Å². The smallest absolute Gasteiger partial charge is 0.191 e. The van der Waals surface area contributed by atoms with Crippen LogP contribution in [0.1, 0.15) is 54.1 Å². The van der Waals surface area contributed by atoms with Gasteiger partial charge in [-0.3, -0.25) is 4.79 Å². The molecule has 0 spiro atoms. The Morgan fingerprint density at radius 2 is 2.12 bits per heavy atom. The van der Waals surface area contributed by atoms with Crippen molar-refractivity contribution >= 4 is 27.4 Å². The quantitative estimate of drug-likeness (QED) is 0.551. The van der Waals surface area contributed by atoms with Crippen LogP contribution in [-0.2, 0) is 9.84 Å². The zero-order valence-corrected chi connectivity index (χ0v) is 17.1. The highest BCUT2D eigenvalue weighted by molar-refractivity contribution is 7.99. The number of carbonyl (C=O) groups is 1. The van der Waals surface area contributed by atoms with Gasteiger partial charge in [0.15, 0.2) is 20.8 Å². The first-order valence-corrected chi connectivity index (χ1v) is 11.4. The third kappa shape index (κ3) is 3.73. The van der Waals surface area contributed by atoms with E-state index in [1.54, 1.807) is 6.33 Å². The van der Waals surface area contributed by atoms with Crippen molar-refractivity contribution in [2.45, 2.75) is 51.4 Å². The molecular weight excluding hydrogens is 372 g/mol. The largest absolute Gasteiger partial charge is 0.344 e. The summed E-state index contributed by atoms with van der Waals surface area (Å²) in [5.41, 5.74) is 2.44. The monoisotopic (exact) mass is 396 g/mol. The summed E-state index contributed by atoms with van der Waals surface area (Å²) in [5, 5.41) is 8.72. The van der Waals surface area contributed by atoms with Crippen molar-refractivity contribution < 1.29 is 13.2 Å². The number of nitrogens with zero attached hydrogens (tertiary/aromatic N) is 4. The number of Topliss-reactive ketones (excluding diaryl/α,β-unsaturated/α-hetero) is 1. The van der Waals surface area contributed by atoms with Gasteiger partial charge < -0.3 is 9.13 Å². The first-order chi connectivity index (χ1) is 12.2. The summed E-state index contributed by atoms with van der Waals surface area (Å²) >= 11 is 1.38. The highest BCUT2D eigenvalue weighted by Gasteiger charge is 2.31. The summed E-state index contributed by atoms with van der Waals surface area (Å²) in [6, 6.07) is 2.03. The molecule has 0 N–H and O–H groups in total. The molecule has 0 amide bonds. The van der Waals surface area contributed by atoms with Gasteiger partial charge in [0.05, 0.1) is 17.3 Å². The molecule has 0 radical (unpaired) electrons. The third-order valence-electron chi connectivity index (χ3n) is 4.79. The number of sulfone groups is 1. The Morgan fingerprint density at radius 1 is 1.38 bits per heavy atom. The summed E-state index contributed by atoms with van der Waals surface area (Å²) in [4.78, 5) is 12.7. The lowest BCUT2D eigenvalue weighted by Gasteiger charge is -2.16. The molecular formula is C17H24N4O3S2. The third-order valence-corrected chi connectivity index (χ3v) is 7.49. The molecule has 1 saturated heterocycles. The molecule has 26 heavy (non-hydrogen) atoms. The molecule has 1 atom stereocenters. The maximum Gasteiger partial charge on any atom is 0.191 e. The van der Waals surface area contributed by atoms with E-state index in [0.717, 1.165) is 16.5 Å². The highest BCUT2D eigenvalue weighted by atomic mass is 32.2. The van der Waals surface area contributed by atoms with E-state index in [1.807, 2.05) is 42.9 Å². The Balaban J connectivity index is 1.76. The number of hydrogen-bond donors (Lipinski definition) is 0. The number of aryl methyl sites for hydroxylation is 1. The van der Waals surface area contributed by atoms with Crippen molar-refractivity contribution in [2.75, 3.05) is 17.3 Å². The fraction of sp³-hybridized carbons (Fsp3) is 0.588. The Hall–Kier alpha value is -1.61. The number of aromatic nitrogens is 4. The fourth-order valence-electron chi connectivity index (χ4n) is 3.50. The zero-order chi connectivity index (χ0) is 19.1. The van der Waals surface area contributed by atoms with Crippen LogP contribution in [0.25, 0.3) is 0 Å². The standard InChI is InChI=1S/C17H24N4O3S2/c1-11(2)20-10-18-19-17(20)25-8-16(22)15-7-12(3)21(13(15)4)14-5-6-26(23,24)9-14/h7,10-11,14H,5-6,8-9H2,1-4H3/t14-/m1/s1. The van der Waals surface area contributed by atoms with Gasteiger partial charge in [0.25, 0.3) is 0 Å². The van der Waals surface area contributed by atoms with E-state index in [4.69, 9.17) is 0 Å². The van der Waals surface area contributed by atoms with E-state index in [9.17, 15) is 13.2 Å². The van der Waals surface area contributed by atoms with E-state index in [2.05, 4.69) is 10.2 Å². The molecule has 2 aromatic heterocycles. The van der Waals surface area contributed by atoms with Crippen LogP contribution in [-0.4, -0.2) is 50.8 Å². The molecule has 1 fully saturated rings. The number of carbonyl (C=O) groups excluding carboxylic acids is 1. The SMILES string of the molecule is Cc1cc(C(=O)CSc2nncn2C(C)C)c(C)n1[C@@H]1CCS(=O)(=O)C1. The van der Waals surface area contributed by atoms with Crippen LogP contribution < -0.4 is 0 Å². The maximum atomic E-state index is 12.7. The van der Waals surface area contributed by atoms with Crippen molar-refractivity contribution in [1.82, 2.24) is 19.3 Å². The van der Waals surface area contributed by atoms with Gasteiger partial charge in [0, 0.05) is 29.0 Å². The van der Waals surface area contributed by atoms with Crippen molar-refractivity contribution in [3.8, 4) is 0 Å². The van der Waals surface area contributed by atoms with Gasteiger partial charge >= 0.3 is 0 Å². The molecule has 0 aliphatic carbocycles. The minimum atomic E-state index is -2.97. The highest BCUT2D eigenvalue weighted by Crippen LogP contribution is 2.30. The Labute approximate surface area is 158 Å². The molecule has 3 heterocycles. The minimum absolute atomic E-state index is 0.0218. The van der Waals surface area contributed by atoms with Gasteiger partial charge in [-0.2, -0.15) is 0 Å². The number of thioether (sulfide) groups is 1. The molecule has 1 aliphatic heterocycles. The van der Waals surface area contributed by atoms with Gasteiger partial charge in [0.2, 0.25) is 0 Å². The summed E-state index contributed by atoms with van der Waals surface area (Å²) in [7, 11) is -2.97. The average Bonchev–Trinajstić information content (AvgIpc) is 3.23. The fourth-order valence-corrected chi connectivity index (χ4v) is 6.13. The van der Waals surface area contributed by atoms with Crippen molar-refractivity contribution in [3.05, 3.63) is 29.3 Å². The second-order valence-electron chi connectivity index (χ2n) is 7.04. The van der Waals surface area contributed by atoms with Crippen molar-refractivity contribution in [1.29, 1.82) is 0 Å². The molecule has 0 bridgehead atoms. The van der Waals surface area contributed by atoms with Crippen LogP contribution in [0, 0.1) is 13.8 Å². The summed E-state index contributed by atoms with van der Waals surface area (Å²) < 4.78 is 27.5. The molecule has 1 aliphatic rings. The predicted molar refractivity (Wildman–Crippen MR) is 102 cm³/mol. The molecule has 2 aromatic rings. The topological polar surface area (TPSA) is 86.8 Å². The van der Waals surface area contributed by atoms with E-state index < -0.39 is 9.84 Å². The van der Waals surface area contributed by atoms with E-state index in [-0.39, 0.29) is 35.1 Å². The average molecular weight is 397 g/mol. The van der Waals surface area contributed by atoms with Crippen molar-refractivity contribution in [2.24, 2.45) is 0 Å². The molecule has 0 saturated carbocycles. The number of rotatable bonds is 6. The predicted octanol–water partition coefficient (Wildman–Crippen LogP) is 2.61. The lowest BCUT2D eigenvalue weighted by atomic mass is 10.2. The van der Waals surface area contributed by atoms with Gasteiger partial charge in [-0.25, -0.2) is 8.42 Å². The number of hydrogen-bond acceptors (Lipinski definition) is 6. The Bertz CT molecular complexity index is 928. The van der Waals surface area contributed by atoms with E-state index >= 15 is 0 Å². The Morgan fingerprint density at radius 3 is 2.73 bits per heavy atom. The summed E-state index contributed by atoms with van der Waals surface area (Å²) in [6.45, 7) is 7.90. The van der Waals surface area contributed by atoms with E-state index in [0.29, 0.717) is 12.0 Å². The zero-order valence-electron chi connectivity index (χ0n) is 15.5. The second-order valence-corrected chi connectivity index (χ2v) is 10.2. The lowest BCUT2D eigenvalue weighted by molar-refractivity contribution is 0.102.